The zero-order valence-electron chi connectivity index (χ0n) is 7.50. The summed E-state index contributed by atoms with van der Waals surface area (Å²) < 4.78 is 31.6. The fourth-order valence-electron chi connectivity index (χ4n) is 0.661. The average Bonchev–Trinajstić information content (AvgIpc) is 2.24. The molecule has 1 aliphatic heterocycles. The highest BCUT2D eigenvalue weighted by Crippen LogP contribution is 1.86. The third-order valence-corrected chi connectivity index (χ3v) is 1.06. The van der Waals surface area contributed by atoms with Crippen molar-refractivity contribution < 1.29 is 31.9 Å². The second kappa shape index (κ2) is 5.24. The summed E-state index contributed by atoms with van der Waals surface area (Å²) in [7, 11) is -4.67. The lowest BCUT2D eigenvalue weighted by molar-refractivity contribution is -0.120. The zero-order valence-corrected chi connectivity index (χ0v) is 8.32. The van der Waals surface area contributed by atoms with Crippen LogP contribution in [0.25, 0.3) is 0 Å². The van der Waals surface area contributed by atoms with E-state index in [4.69, 9.17) is 23.3 Å². The monoisotopic (exact) mass is 256 g/mol. The van der Waals surface area contributed by atoms with Crippen molar-refractivity contribution in [2.75, 3.05) is 0 Å². The van der Waals surface area contributed by atoms with E-state index >= 15 is 0 Å². The van der Waals surface area contributed by atoms with Crippen LogP contribution in [0, 0.1) is 0 Å². The number of nitrogens with two attached hydrogens (primary N) is 1. The van der Waals surface area contributed by atoms with Gasteiger partial charge in [0.1, 0.15) is 0 Å². The van der Waals surface area contributed by atoms with Gasteiger partial charge in [0.2, 0.25) is 0 Å². The second-order valence-electron chi connectivity index (χ2n) is 2.35. The van der Waals surface area contributed by atoms with Gasteiger partial charge in [0.15, 0.2) is 6.17 Å². The number of hydrogen-bond acceptors (Lipinski definition) is 5. The van der Waals surface area contributed by atoms with Gasteiger partial charge in [0, 0.05) is 0 Å². The van der Waals surface area contributed by atoms with Crippen molar-refractivity contribution in [1.29, 1.82) is 0 Å². The van der Waals surface area contributed by atoms with E-state index in [1.807, 2.05) is 10.6 Å². The molecule has 92 valence electrons. The van der Waals surface area contributed by atoms with Gasteiger partial charge in [-0.05, 0) is 0 Å². The maximum absolute atomic E-state index is 10.7. The summed E-state index contributed by atoms with van der Waals surface area (Å²) in [4.78, 5) is 31.3. The lowest BCUT2D eigenvalue weighted by atomic mass is 10.5. The van der Waals surface area contributed by atoms with Gasteiger partial charge in [-0.25, -0.2) is 9.59 Å². The summed E-state index contributed by atoms with van der Waals surface area (Å²) in [5, 5.41) is 6.05. The van der Waals surface area contributed by atoms with Crippen LogP contribution in [0.4, 0.5) is 9.59 Å². The smallest absolute Gasteiger partial charge is 0.352 e. The molecule has 0 aromatic heterocycles. The first-order valence-corrected chi connectivity index (χ1v) is 4.86. The summed E-state index contributed by atoms with van der Waals surface area (Å²) >= 11 is 0. The number of imide groups is 1. The highest BCUT2D eigenvalue weighted by molar-refractivity contribution is 7.79. The Morgan fingerprint density at radius 2 is 1.81 bits per heavy atom. The van der Waals surface area contributed by atoms with E-state index in [9.17, 15) is 14.4 Å². The van der Waals surface area contributed by atoms with Crippen molar-refractivity contribution in [2.24, 2.45) is 5.73 Å². The van der Waals surface area contributed by atoms with Crippen LogP contribution in [0.2, 0.25) is 0 Å². The van der Waals surface area contributed by atoms with Crippen LogP contribution in [0.1, 0.15) is 0 Å². The predicted octanol–water partition coefficient (Wildman–Crippen LogP) is -2.83. The van der Waals surface area contributed by atoms with E-state index < -0.39 is 34.5 Å². The molecule has 11 nitrogen and oxygen atoms in total. The Balaban J connectivity index is 0.000000385. The van der Waals surface area contributed by atoms with Gasteiger partial charge in [-0.3, -0.25) is 19.2 Å². The third-order valence-electron chi connectivity index (χ3n) is 1.06. The molecule has 0 bridgehead atoms. The normalized spacial score (nSPS) is 19.0. The summed E-state index contributed by atoms with van der Waals surface area (Å²) in [6, 6.07) is -1.51. The molecule has 1 aliphatic rings. The topological polar surface area (TPSA) is 188 Å². The van der Waals surface area contributed by atoms with Crippen molar-refractivity contribution in [1.82, 2.24) is 16.0 Å². The molecule has 5 amide bonds. The van der Waals surface area contributed by atoms with Crippen molar-refractivity contribution in [3.8, 4) is 0 Å². The van der Waals surface area contributed by atoms with Crippen LogP contribution in [-0.4, -0.2) is 41.7 Å². The molecule has 0 aliphatic carbocycles. The Morgan fingerprint density at radius 3 is 2.06 bits per heavy atom. The molecule has 12 heteroatoms. The minimum Gasteiger partial charge on any atom is -0.352 e. The van der Waals surface area contributed by atoms with Crippen LogP contribution >= 0.6 is 0 Å². The van der Waals surface area contributed by atoms with E-state index in [0.29, 0.717) is 0 Å². The Kier molecular flexibility index (Phi) is 4.61. The van der Waals surface area contributed by atoms with Gasteiger partial charge in [-0.1, -0.05) is 0 Å². The maximum atomic E-state index is 10.7. The van der Waals surface area contributed by atoms with Gasteiger partial charge >= 0.3 is 22.5 Å². The Labute approximate surface area is 88.9 Å². The minimum atomic E-state index is -4.67. The molecule has 16 heavy (non-hydrogen) atoms. The molecule has 1 fully saturated rings. The largest absolute Gasteiger partial charge is 0.394 e. The molecule has 1 atom stereocenters. The molecular weight excluding hydrogens is 248 g/mol. The molecule has 0 aromatic carbocycles. The van der Waals surface area contributed by atoms with Crippen LogP contribution in [0.5, 0.6) is 0 Å². The first kappa shape index (κ1) is 14.1. The summed E-state index contributed by atoms with van der Waals surface area (Å²) in [6.45, 7) is 0. The standard InChI is InChI=1S/C4H6N4O3.H2O4S/c5-3(10)6-1-2(9)8-4(11)7-1;1-5(2,3)4/h1H,(H3,5,6,10)(H2,7,8,9,11);(H2,1,2,3,4). The molecular formula is C4H8N4O7S. The Hall–Kier alpha value is -1.92. The number of urea groups is 2. The molecule has 0 aromatic rings. The second-order valence-corrected chi connectivity index (χ2v) is 3.25. The zero-order chi connectivity index (χ0) is 12.9. The lowest BCUT2D eigenvalue weighted by Gasteiger charge is -2.05. The fourth-order valence-corrected chi connectivity index (χ4v) is 0.661. The fraction of sp³-hybridized carbons (Fsp3) is 0.250. The molecule has 7 N–H and O–H groups in total. The van der Waals surface area contributed by atoms with E-state index in [2.05, 4.69) is 5.32 Å². The molecule has 1 unspecified atom stereocenters. The Bertz CT molecular complexity index is 395. The summed E-state index contributed by atoms with van der Waals surface area (Å²) in [5.41, 5.74) is 4.70. The molecule has 1 rings (SSSR count). The SMILES string of the molecule is NC(=O)NC1NC(=O)NC1=O.O=S(=O)(O)O. The number of rotatable bonds is 1. The van der Waals surface area contributed by atoms with Gasteiger partial charge in [0.05, 0.1) is 0 Å². The molecule has 1 heterocycles. The number of hydrogen-bond donors (Lipinski definition) is 6. The van der Waals surface area contributed by atoms with E-state index in [0.717, 1.165) is 0 Å². The lowest BCUT2D eigenvalue weighted by Crippen LogP contribution is -2.48. The van der Waals surface area contributed by atoms with Gasteiger partial charge in [0.25, 0.3) is 5.91 Å². The van der Waals surface area contributed by atoms with Crippen LogP contribution in [0.15, 0.2) is 0 Å². The van der Waals surface area contributed by atoms with Gasteiger partial charge < -0.3 is 16.4 Å². The van der Waals surface area contributed by atoms with Crippen LogP contribution < -0.4 is 21.7 Å². The highest BCUT2D eigenvalue weighted by atomic mass is 32.3. The average molecular weight is 256 g/mol. The van der Waals surface area contributed by atoms with E-state index in [-0.39, 0.29) is 0 Å². The number of primary amides is 1. The molecule has 0 spiro atoms. The van der Waals surface area contributed by atoms with E-state index in [1.54, 1.807) is 0 Å². The van der Waals surface area contributed by atoms with Crippen molar-refractivity contribution in [3.63, 3.8) is 0 Å². The van der Waals surface area contributed by atoms with Crippen LogP contribution in [-0.2, 0) is 15.2 Å². The molecule has 0 saturated carbocycles. The van der Waals surface area contributed by atoms with E-state index in [1.165, 1.54) is 0 Å². The van der Waals surface area contributed by atoms with Crippen molar-refractivity contribution in [2.45, 2.75) is 6.17 Å². The van der Waals surface area contributed by atoms with Crippen molar-refractivity contribution >= 4 is 28.4 Å². The van der Waals surface area contributed by atoms with Crippen molar-refractivity contribution in [3.05, 3.63) is 0 Å². The number of carbonyl (C=O) groups excluding carboxylic acids is 3. The number of amides is 5. The molecule has 0 radical (unpaired) electrons. The Morgan fingerprint density at radius 1 is 1.38 bits per heavy atom. The first-order valence-electron chi connectivity index (χ1n) is 3.47. The maximum Gasteiger partial charge on any atom is 0.394 e. The predicted molar refractivity (Wildman–Crippen MR) is 47.4 cm³/mol. The highest BCUT2D eigenvalue weighted by Gasteiger charge is 2.29. The van der Waals surface area contributed by atoms with Crippen LogP contribution in [0.3, 0.4) is 0 Å². The third kappa shape index (κ3) is 7.48. The number of nitrogens with one attached hydrogen (secondary N) is 3. The molecule has 1 saturated heterocycles. The van der Waals surface area contributed by atoms with Gasteiger partial charge in [-0.15, -0.1) is 0 Å². The first-order chi connectivity index (χ1) is 7.09. The summed E-state index contributed by atoms with van der Waals surface area (Å²) in [6.07, 6.45) is -1.04. The van der Waals surface area contributed by atoms with Gasteiger partial charge in [-0.2, -0.15) is 8.42 Å². The number of carbonyl (C=O) groups is 3. The minimum absolute atomic E-state index is 0.617. The quantitative estimate of drug-likeness (QED) is 0.215. The summed E-state index contributed by atoms with van der Waals surface area (Å²) in [5.74, 6) is -0.617.